The molecule has 0 radical (unpaired) electrons. The zero-order valence-corrected chi connectivity index (χ0v) is 20.0. The molecule has 0 fully saturated rings. The van der Waals surface area contributed by atoms with Gasteiger partial charge in [-0.05, 0) is 67.5 Å². The van der Waals surface area contributed by atoms with Gasteiger partial charge in [0.05, 0.1) is 11.6 Å². The van der Waals surface area contributed by atoms with Crippen molar-refractivity contribution < 1.29 is 8.91 Å². The van der Waals surface area contributed by atoms with Crippen molar-refractivity contribution in [1.82, 2.24) is 15.5 Å². The van der Waals surface area contributed by atoms with Gasteiger partial charge in [0.2, 0.25) is 5.82 Å². The Labute approximate surface area is 206 Å². The molecule has 8 heteroatoms. The second-order valence-electron chi connectivity index (χ2n) is 7.99. The molecule has 0 spiro atoms. The summed E-state index contributed by atoms with van der Waals surface area (Å²) in [6, 6.07) is 21.2. The van der Waals surface area contributed by atoms with Crippen LogP contribution in [0.5, 0.6) is 0 Å². The molecule has 5 nitrogen and oxygen atoms in total. The molecule has 1 aliphatic rings. The van der Waals surface area contributed by atoms with E-state index < -0.39 is 6.04 Å². The second-order valence-corrected chi connectivity index (χ2v) is 8.79. The molecule has 5 rings (SSSR count). The monoisotopic (exact) mass is 490 g/mol. The predicted molar refractivity (Wildman–Crippen MR) is 136 cm³/mol. The van der Waals surface area contributed by atoms with E-state index in [1.54, 1.807) is 6.07 Å². The minimum atomic E-state index is -0.475. The first-order chi connectivity index (χ1) is 16.4. The molecule has 170 valence electrons. The lowest BCUT2D eigenvalue weighted by atomic mass is 9.94. The Morgan fingerprint density at radius 2 is 1.82 bits per heavy atom. The minimum absolute atomic E-state index is 0.330. The van der Waals surface area contributed by atoms with Gasteiger partial charge in [0, 0.05) is 22.0 Å². The molecular formula is C26H20ClFN4OS. The lowest BCUT2D eigenvalue weighted by Gasteiger charge is -2.37. The number of nitrogens with zero attached hydrogens (tertiary/aromatic N) is 3. The topological polar surface area (TPSA) is 54.2 Å². The van der Waals surface area contributed by atoms with Crippen molar-refractivity contribution in [2.45, 2.75) is 19.9 Å². The van der Waals surface area contributed by atoms with Gasteiger partial charge in [-0.25, -0.2) is 4.39 Å². The second kappa shape index (κ2) is 9.00. The first kappa shape index (κ1) is 22.3. The molecule has 0 amide bonds. The van der Waals surface area contributed by atoms with E-state index >= 15 is 0 Å². The number of nitrogens with one attached hydrogen (secondary N) is 1. The van der Waals surface area contributed by atoms with Gasteiger partial charge in [-0.15, -0.1) is 0 Å². The molecule has 4 aromatic rings. The van der Waals surface area contributed by atoms with E-state index in [-0.39, 0.29) is 5.82 Å². The Kier molecular flexibility index (Phi) is 5.89. The highest BCUT2D eigenvalue weighted by molar-refractivity contribution is 7.80. The molecule has 1 aromatic heterocycles. The van der Waals surface area contributed by atoms with Crippen LogP contribution in [0.3, 0.4) is 0 Å². The molecule has 1 aliphatic heterocycles. The van der Waals surface area contributed by atoms with Crippen LogP contribution < -0.4 is 10.2 Å². The van der Waals surface area contributed by atoms with E-state index in [9.17, 15) is 4.39 Å². The van der Waals surface area contributed by atoms with E-state index in [1.807, 2.05) is 73.3 Å². The van der Waals surface area contributed by atoms with Crippen molar-refractivity contribution in [2.75, 3.05) is 4.90 Å². The number of thiocarbonyl (C=S) groups is 1. The van der Waals surface area contributed by atoms with Crippen LogP contribution in [0.1, 0.15) is 30.0 Å². The number of anilines is 1. The van der Waals surface area contributed by atoms with Gasteiger partial charge in [0.1, 0.15) is 5.82 Å². The molecule has 1 N–H and O–H groups in total. The van der Waals surface area contributed by atoms with Gasteiger partial charge in [-0.1, -0.05) is 59.2 Å². The summed E-state index contributed by atoms with van der Waals surface area (Å²) in [6.45, 7) is 3.87. The highest BCUT2D eigenvalue weighted by atomic mass is 35.5. The fraction of sp³-hybridized carbons (Fsp3) is 0.115. The molecular weight excluding hydrogens is 471 g/mol. The third kappa shape index (κ3) is 4.08. The number of rotatable bonds is 4. The van der Waals surface area contributed by atoms with Gasteiger partial charge < -0.3 is 9.84 Å². The van der Waals surface area contributed by atoms with Crippen molar-refractivity contribution in [3.8, 4) is 11.4 Å². The summed E-state index contributed by atoms with van der Waals surface area (Å²) in [4.78, 5) is 6.58. The van der Waals surface area contributed by atoms with Crippen molar-refractivity contribution in [2.24, 2.45) is 0 Å². The molecule has 3 aromatic carbocycles. The minimum Gasteiger partial charge on any atom is -0.351 e. The summed E-state index contributed by atoms with van der Waals surface area (Å²) < 4.78 is 19.9. The summed E-state index contributed by atoms with van der Waals surface area (Å²) >= 11 is 12.0. The maximum Gasteiger partial charge on any atom is 0.258 e. The quantitative estimate of drug-likeness (QED) is 0.321. The van der Waals surface area contributed by atoms with E-state index in [2.05, 4.69) is 15.5 Å². The van der Waals surface area contributed by atoms with Crippen LogP contribution >= 0.6 is 23.8 Å². The normalized spacial score (nSPS) is 16.1. The predicted octanol–water partition coefficient (Wildman–Crippen LogP) is 6.70. The summed E-state index contributed by atoms with van der Waals surface area (Å²) in [5.41, 5.74) is 4.80. The molecule has 2 heterocycles. The number of aromatic nitrogens is 2. The summed E-state index contributed by atoms with van der Waals surface area (Å²) in [5.74, 6) is 0.459. The lowest BCUT2D eigenvalue weighted by Crippen LogP contribution is -2.46. The molecule has 0 saturated carbocycles. The number of hydrogen-bond donors (Lipinski definition) is 1. The van der Waals surface area contributed by atoms with Crippen LogP contribution in [0.15, 0.2) is 83.0 Å². The van der Waals surface area contributed by atoms with E-state index in [0.29, 0.717) is 33.0 Å². The van der Waals surface area contributed by atoms with Gasteiger partial charge in [-0.3, -0.25) is 4.90 Å². The molecule has 0 saturated heterocycles. The molecule has 0 aliphatic carbocycles. The number of allylic oxidation sites excluding steroid dienone is 1. The summed E-state index contributed by atoms with van der Waals surface area (Å²) in [6.07, 6.45) is 0. The van der Waals surface area contributed by atoms with Crippen LogP contribution in [0.25, 0.3) is 17.0 Å². The Bertz CT molecular complexity index is 1420. The lowest BCUT2D eigenvalue weighted by molar-refractivity contribution is 0.404. The third-order valence-electron chi connectivity index (χ3n) is 5.75. The number of halogens is 2. The highest BCUT2D eigenvalue weighted by Crippen LogP contribution is 2.39. The van der Waals surface area contributed by atoms with Crippen molar-refractivity contribution in [1.29, 1.82) is 0 Å². The van der Waals surface area contributed by atoms with Gasteiger partial charge in [-0.2, -0.15) is 4.98 Å². The fourth-order valence-electron chi connectivity index (χ4n) is 4.07. The van der Waals surface area contributed by atoms with Gasteiger partial charge >= 0.3 is 0 Å². The Balaban J connectivity index is 1.67. The number of benzene rings is 3. The van der Waals surface area contributed by atoms with Gasteiger partial charge in [0.15, 0.2) is 5.11 Å². The number of hydrogen-bond acceptors (Lipinski definition) is 4. The Hall–Kier alpha value is -3.55. The first-order valence-electron chi connectivity index (χ1n) is 10.6. The zero-order chi connectivity index (χ0) is 23.8. The summed E-state index contributed by atoms with van der Waals surface area (Å²) in [7, 11) is 0. The zero-order valence-electron chi connectivity index (χ0n) is 18.4. The van der Waals surface area contributed by atoms with Crippen molar-refractivity contribution in [3.63, 3.8) is 0 Å². The van der Waals surface area contributed by atoms with Crippen LogP contribution in [-0.4, -0.2) is 15.3 Å². The maximum atomic E-state index is 14.1. The standard InChI is InChI=1S/C26H20ClFN4OS/c1-15-13-20(11-12-21(15)27)32-16(2)22(23(29-26(32)34)18-9-6-10-19(28)14-18)25-30-24(31-33-25)17-7-4-3-5-8-17/h3-14,23H,1-2H3,(H,29,34). The van der Waals surface area contributed by atoms with Crippen molar-refractivity contribution in [3.05, 3.63) is 106 Å². The highest BCUT2D eigenvalue weighted by Gasteiger charge is 2.35. The molecule has 1 unspecified atom stereocenters. The van der Waals surface area contributed by atoms with Crippen LogP contribution in [-0.2, 0) is 0 Å². The first-order valence-corrected chi connectivity index (χ1v) is 11.4. The number of aryl methyl sites for hydroxylation is 1. The van der Waals surface area contributed by atoms with Gasteiger partial charge in [0.25, 0.3) is 5.89 Å². The van der Waals surface area contributed by atoms with E-state index in [4.69, 9.17) is 28.3 Å². The SMILES string of the molecule is CC1=C(c2nc(-c3ccccc3)no2)C(c2cccc(F)c2)NC(=S)N1c1ccc(Cl)c(C)c1. The third-order valence-corrected chi connectivity index (χ3v) is 6.48. The van der Waals surface area contributed by atoms with Crippen molar-refractivity contribution >= 4 is 40.2 Å². The van der Waals surface area contributed by atoms with Crippen LogP contribution in [0.4, 0.5) is 10.1 Å². The van der Waals surface area contributed by atoms with E-state index in [1.165, 1.54) is 12.1 Å². The van der Waals surface area contributed by atoms with Crippen LogP contribution in [0, 0.1) is 12.7 Å². The largest absolute Gasteiger partial charge is 0.351 e. The Morgan fingerprint density at radius 3 is 2.56 bits per heavy atom. The van der Waals surface area contributed by atoms with E-state index in [0.717, 1.165) is 22.5 Å². The maximum absolute atomic E-state index is 14.1. The average molecular weight is 491 g/mol. The smallest absolute Gasteiger partial charge is 0.258 e. The molecule has 1 atom stereocenters. The summed E-state index contributed by atoms with van der Waals surface area (Å²) in [5, 5.41) is 8.68. The fourth-order valence-corrected chi connectivity index (χ4v) is 4.55. The average Bonchev–Trinajstić information content (AvgIpc) is 3.31. The molecule has 34 heavy (non-hydrogen) atoms. The van der Waals surface area contributed by atoms with Crippen LogP contribution in [0.2, 0.25) is 5.02 Å². The Morgan fingerprint density at radius 1 is 1.03 bits per heavy atom. The molecule has 0 bridgehead atoms.